The van der Waals surface area contributed by atoms with E-state index in [9.17, 15) is 10.2 Å². The van der Waals surface area contributed by atoms with Crippen molar-refractivity contribution in [2.45, 2.75) is 25.7 Å². The van der Waals surface area contributed by atoms with E-state index in [-0.39, 0.29) is 0 Å². The molecule has 14 heavy (non-hydrogen) atoms. The van der Waals surface area contributed by atoms with Crippen LogP contribution in [0.15, 0.2) is 0 Å². The second-order valence-corrected chi connectivity index (χ2v) is 5.69. The summed E-state index contributed by atoms with van der Waals surface area (Å²) in [6.45, 7) is 0.782. The van der Waals surface area contributed by atoms with Crippen LogP contribution in [0.1, 0.15) is 25.7 Å². The number of fused-ring (bicyclic) bond motifs is 5. The smallest absolute Gasteiger partial charge is 0.0462 e. The molecule has 0 spiro atoms. The van der Waals surface area contributed by atoms with Gasteiger partial charge in [0.25, 0.3) is 0 Å². The third kappa shape index (κ3) is 1.10. The Hall–Kier alpha value is -0.0800. The Kier molecular flexibility index (Phi) is 2.10. The van der Waals surface area contributed by atoms with E-state index in [1.54, 1.807) is 0 Å². The first kappa shape index (κ1) is 9.17. The van der Waals surface area contributed by atoms with Crippen LogP contribution >= 0.6 is 0 Å². The predicted octanol–water partition coefficient (Wildman–Crippen LogP) is 1.27. The van der Waals surface area contributed by atoms with E-state index in [0.717, 1.165) is 23.7 Å². The summed E-state index contributed by atoms with van der Waals surface area (Å²) in [5.41, 5.74) is 0. The summed E-state index contributed by atoms with van der Waals surface area (Å²) in [5, 5.41) is 18.5. The Labute approximate surface area is 85.3 Å². The van der Waals surface area contributed by atoms with E-state index in [2.05, 4.69) is 0 Å². The molecule has 3 rings (SSSR count). The van der Waals surface area contributed by atoms with Crippen molar-refractivity contribution in [3.05, 3.63) is 0 Å². The highest BCUT2D eigenvalue weighted by Crippen LogP contribution is 2.61. The van der Waals surface area contributed by atoms with Crippen molar-refractivity contribution in [2.24, 2.45) is 35.5 Å². The molecule has 3 saturated carbocycles. The van der Waals surface area contributed by atoms with Crippen LogP contribution in [0.25, 0.3) is 0 Å². The molecule has 3 aliphatic carbocycles. The maximum Gasteiger partial charge on any atom is 0.0462 e. The van der Waals surface area contributed by atoms with Gasteiger partial charge < -0.3 is 10.2 Å². The van der Waals surface area contributed by atoms with Crippen LogP contribution in [0.5, 0.6) is 0 Å². The van der Waals surface area contributed by atoms with Crippen LogP contribution < -0.4 is 0 Å². The zero-order chi connectivity index (χ0) is 9.71. The normalized spacial score (nSPS) is 55.3. The second kappa shape index (κ2) is 3.21. The molecule has 0 radical (unpaired) electrons. The quantitative estimate of drug-likeness (QED) is 0.698. The van der Waals surface area contributed by atoms with E-state index in [4.69, 9.17) is 0 Å². The molecular formula is C12H20O2. The standard InChI is InChI=1S/C12H20O2/c13-5-7-1-10-8-3-9(6-14)11(4-8)12(10)2-7/h7-14H,1-6H2/t7-,8+,9+,10+,11+,12-/m1/s1. The average Bonchev–Trinajstić information content (AvgIpc) is 2.87. The topological polar surface area (TPSA) is 40.5 Å². The summed E-state index contributed by atoms with van der Waals surface area (Å²) in [6, 6.07) is 0. The van der Waals surface area contributed by atoms with Crippen molar-refractivity contribution in [1.29, 1.82) is 0 Å². The maximum absolute atomic E-state index is 9.28. The summed E-state index contributed by atoms with van der Waals surface area (Å²) in [7, 11) is 0. The zero-order valence-corrected chi connectivity index (χ0v) is 8.60. The van der Waals surface area contributed by atoms with Crippen LogP contribution in [-0.2, 0) is 0 Å². The number of aliphatic hydroxyl groups is 2. The van der Waals surface area contributed by atoms with Crippen LogP contribution in [0.4, 0.5) is 0 Å². The summed E-state index contributed by atoms with van der Waals surface area (Å²) in [4.78, 5) is 0. The maximum atomic E-state index is 9.28. The van der Waals surface area contributed by atoms with Crippen molar-refractivity contribution < 1.29 is 10.2 Å². The SMILES string of the molecule is OC[C@H]1C[C@@H]2[C@@H](C1)[C@H]1C[C@@H](CO)[C@@H]2C1. The molecule has 2 bridgehead atoms. The van der Waals surface area contributed by atoms with Gasteiger partial charge in [0.1, 0.15) is 0 Å². The van der Waals surface area contributed by atoms with Crippen molar-refractivity contribution in [2.75, 3.05) is 13.2 Å². The van der Waals surface area contributed by atoms with Crippen LogP contribution in [0.3, 0.4) is 0 Å². The van der Waals surface area contributed by atoms with Gasteiger partial charge in [-0.15, -0.1) is 0 Å². The van der Waals surface area contributed by atoms with Crippen molar-refractivity contribution in [1.82, 2.24) is 0 Å². The summed E-state index contributed by atoms with van der Waals surface area (Å²) in [5.74, 6) is 4.61. The third-order valence-corrected chi connectivity index (χ3v) is 5.20. The number of aliphatic hydroxyl groups excluding tert-OH is 2. The molecule has 0 aliphatic heterocycles. The highest BCUT2D eigenvalue weighted by molar-refractivity contribution is 5.04. The molecule has 2 N–H and O–H groups in total. The number of hydrogen-bond donors (Lipinski definition) is 2. The summed E-state index contributed by atoms with van der Waals surface area (Å²) in [6.07, 6.45) is 5.14. The van der Waals surface area contributed by atoms with Gasteiger partial charge in [-0.25, -0.2) is 0 Å². The summed E-state index contributed by atoms with van der Waals surface area (Å²) >= 11 is 0. The summed E-state index contributed by atoms with van der Waals surface area (Å²) < 4.78 is 0. The minimum atomic E-state index is 0.385. The van der Waals surface area contributed by atoms with E-state index in [1.807, 2.05) is 0 Å². The molecule has 0 aromatic heterocycles. The highest BCUT2D eigenvalue weighted by Gasteiger charge is 2.55. The monoisotopic (exact) mass is 196 g/mol. The minimum absolute atomic E-state index is 0.385. The van der Waals surface area contributed by atoms with Gasteiger partial charge in [-0.05, 0) is 61.2 Å². The van der Waals surface area contributed by atoms with Crippen molar-refractivity contribution in [3.63, 3.8) is 0 Å². The number of rotatable bonds is 2. The van der Waals surface area contributed by atoms with Crippen molar-refractivity contribution >= 4 is 0 Å². The Balaban J connectivity index is 1.75. The van der Waals surface area contributed by atoms with Crippen LogP contribution in [0.2, 0.25) is 0 Å². The molecule has 6 atom stereocenters. The van der Waals surface area contributed by atoms with Crippen LogP contribution in [0, 0.1) is 35.5 Å². The first-order valence-corrected chi connectivity index (χ1v) is 6.05. The molecule has 2 heteroatoms. The second-order valence-electron chi connectivity index (χ2n) is 5.69. The van der Waals surface area contributed by atoms with E-state index >= 15 is 0 Å². The molecule has 0 heterocycles. The lowest BCUT2D eigenvalue weighted by molar-refractivity contribution is 0.120. The first-order valence-electron chi connectivity index (χ1n) is 6.05. The third-order valence-electron chi connectivity index (χ3n) is 5.20. The van der Waals surface area contributed by atoms with E-state index < -0.39 is 0 Å². The first-order chi connectivity index (χ1) is 6.83. The molecule has 0 unspecified atom stereocenters. The largest absolute Gasteiger partial charge is 0.396 e. The minimum Gasteiger partial charge on any atom is -0.396 e. The Morgan fingerprint density at radius 3 is 2.29 bits per heavy atom. The molecule has 3 aliphatic rings. The molecule has 3 fully saturated rings. The molecule has 0 saturated heterocycles. The number of hydrogen-bond acceptors (Lipinski definition) is 2. The Bertz CT molecular complexity index is 226. The Morgan fingerprint density at radius 2 is 1.57 bits per heavy atom. The molecule has 2 nitrogen and oxygen atoms in total. The van der Waals surface area contributed by atoms with Gasteiger partial charge in [0.15, 0.2) is 0 Å². The lowest BCUT2D eigenvalue weighted by atomic mass is 9.76. The van der Waals surface area contributed by atoms with E-state index in [1.165, 1.54) is 25.7 Å². The fourth-order valence-electron chi connectivity index (χ4n) is 4.68. The van der Waals surface area contributed by atoms with Gasteiger partial charge in [0.05, 0.1) is 0 Å². The van der Waals surface area contributed by atoms with E-state index in [0.29, 0.717) is 25.0 Å². The lowest BCUT2D eigenvalue weighted by Crippen LogP contribution is -2.26. The van der Waals surface area contributed by atoms with Crippen LogP contribution in [-0.4, -0.2) is 23.4 Å². The molecule has 80 valence electrons. The Morgan fingerprint density at radius 1 is 0.786 bits per heavy atom. The van der Waals surface area contributed by atoms with Crippen molar-refractivity contribution in [3.8, 4) is 0 Å². The predicted molar refractivity (Wildman–Crippen MR) is 53.6 cm³/mol. The molecular weight excluding hydrogens is 176 g/mol. The average molecular weight is 196 g/mol. The molecule has 0 aromatic rings. The van der Waals surface area contributed by atoms with Gasteiger partial charge in [-0.2, -0.15) is 0 Å². The zero-order valence-electron chi connectivity index (χ0n) is 8.60. The van der Waals surface area contributed by atoms with Gasteiger partial charge in [0, 0.05) is 13.2 Å². The van der Waals surface area contributed by atoms with Gasteiger partial charge >= 0.3 is 0 Å². The van der Waals surface area contributed by atoms with Gasteiger partial charge in [-0.1, -0.05) is 0 Å². The van der Waals surface area contributed by atoms with Gasteiger partial charge in [0.2, 0.25) is 0 Å². The fourth-order valence-corrected chi connectivity index (χ4v) is 4.68. The molecule has 0 amide bonds. The fraction of sp³-hybridized carbons (Fsp3) is 1.00. The molecule has 0 aromatic carbocycles. The van der Waals surface area contributed by atoms with Gasteiger partial charge in [-0.3, -0.25) is 0 Å². The highest BCUT2D eigenvalue weighted by atomic mass is 16.3. The lowest BCUT2D eigenvalue weighted by Gasteiger charge is -2.30.